The standard InChI is InChI=1S/C43H89N2O6P/c1-3-5-7-9-11-13-15-17-19-21-23-25-27-29-31-33-35-37-43(47)45-41(40-51-52(48,49)50-39-38-44)42(46)36-34-32-30-28-26-24-22-20-18-16-14-12-10-8-6-4-2/h41-42,46H,3-40,44H2,1-2H3,(H,45,47)(H,48,49)/t41-,42+/m0/s1. The summed E-state index contributed by atoms with van der Waals surface area (Å²) in [7, 11) is -4.31. The molecule has 5 N–H and O–H groups in total. The molecule has 3 atom stereocenters. The minimum atomic E-state index is -4.31. The van der Waals surface area contributed by atoms with Gasteiger partial charge in [-0.2, -0.15) is 0 Å². The molecule has 0 saturated heterocycles. The van der Waals surface area contributed by atoms with E-state index in [0.29, 0.717) is 12.8 Å². The fourth-order valence-electron chi connectivity index (χ4n) is 7.02. The predicted octanol–water partition coefficient (Wildman–Crippen LogP) is 12.6. The first-order chi connectivity index (χ1) is 25.4. The fraction of sp³-hybridized carbons (Fsp3) is 0.977. The molecule has 1 amide bonds. The van der Waals surface area contributed by atoms with E-state index >= 15 is 0 Å². The van der Waals surface area contributed by atoms with Gasteiger partial charge in [-0.1, -0.05) is 219 Å². The van der Waals surface area contributed by atoms with Crippen LogP contribution in [0.4, 0.5) is 0 Å². The highest BCUT2D eigenvalue weighted by Crippen LogP contribution is 2.43. The van der Waals surface area contributed by atoms with Crippen LogP contribution in [0.25, 0.3) is 0 Å². The molecule has 8 nitrogen and oxygen atoms in total. The molecule has 0 bridgehead atoms. The van der Waals surface area contributed by atoms with Crippen LogP contribution in [0.2, 0.25) is 0 Å². The normalized spacial score (nSPS) is 14.0. The Hall–Kier alpha value is -0.500. The van der Waals surface area contributed by atoms with Crippen molar-refractivity contribution in [2.75, 3.05) is 19.8 Å². The van der Waals surface area contributed by atoms with Crippen molar-refractivity contribution >= 4 is 13.7 Å². The maximum Gasteiger partial charge on any atom is 0.472 e. The molecule has 52 heavy (non-hydrogen) atoms. The molecule has 0 aromatic heterocycles. The Balaban J connectivity index is 4.10. The SMILES string of the molecule is CCCCCCCCCCCCCCCCCCCC(=O)N[C@@H](COP(=O)(O)OCCN)[C@H](O)CCCCCCCCCCCCCCCCCC. The smallest absolute Gasteiger partial charge is 0.391 e. The molecule has 9 heteroatoms. The summed E-state index contributed by atoms with van der Waals surface area (Å²) in [5.74, 6) is -0.156. The van der Waals surface area contributed by atoms with Crippen LogP contribution < -0.4 is 11.1 Å². The van der Waals surface area contributed by atoms with E-state index in [4.69, 9.17) is 14.8 Å². The minimum Gasteiger partial charge on any atom is -0.391 e. The number of aliphatic hydroxyl groups excluding tert-OH is 1. The summed E-state index contributed by atoms with van der Waals surface area (Å²) in [6.45, 7) is 4.24. The van der Waals surface area contributed by atoms with Crippen molar-refractivity contribution in [1.29, 1.82) is 0 Å². The Labute approximate surface area is 322 Å². The number of hydrogen-bond acceptors (Lipinski definition) is 6. The summed E-state index contributed by atoms with van der Waals surface area (Å²) in [5.41, 5.74) is 5.38. The zero-order valence-corrected chi connectivity index (χ0v) is 35.5. The zero-order chi connectivity index (χ0) is 38.2. The van der Waals surface area contributed by atoms with Crippen molar-refractivity contribution in [1.82, 2.24) is 5.32 Å². The van der Waals surface area contributed by atoms with E-state index in [1.165, 1.54) is 173 Å². The number of phosphoric ester groups is 1. The fourth-order valence-corrected chi connectivity index (χ4v) is 7.78. The highest BCUT2D eigenvalue weighted by atomic mass is 31.2. The Morgan fingerprint density at radius 3 is 1.23 bits per heavy atom. The van der Waals surface area contributed by atoms with Crippen molar-refractivity contribution in [3.8, 4) is 0 Å². The first kappa shape index (κ1) is 51.5. The van der Waals surface area contributed by atoms with Crippen LogP contribution >= 0.6 is 7.82 Å². The molecule has 0 aliphatic rings. The van der Waals surface area contributed by atoms with Gasteiger partial charge >= 0.3 is 7.82 Å². The van der Waals surface area contributed by atoms with Crippen LogP contribution in [0.5, 0.6) is 0 Å². The van der Waals surface area contributed by atoms with Crippen LogP contribution in [0, 0.1) is 0 Å². The molecule has 0 aliphatic carbocycles. The van der Waals surface area contributed by atoms with Crippen molar-refractivity contribution in [3.05, 3.63) is 0 Å². The topological polar surface area (TPSA) is 131 Å². The number of aliphatic hydroxyl groups is 1. The van der Waals surface area contributed by atoms with Gasteiger partial charge in [0, 0.05) is 13.0 Å². The van der Waals surface area contributed by atoms with Gasteiger partial charge in [-0.25, -0.2) is 4.57 Å². The van der Waals surface area contributed by atoms with Crippen LogP contribution in [-0.4, -0.2) is 47.8 Å². The largest absolute Gasteiger partial charge is 0.472 e. The summed E-state index contributed by atoms with van der Waals surface area (Å²) in [5, 5.41) is 13.8. The quantitative estimate of drug-likeness (QED) is 0.0359. The van der Waals surface area contributed by atoms with Gasteiger partial charge in [-0.05, 0) is 12.8 Å². The maximum absolute atomic E-state index is 12.8. The lowest BCUT2D eigenvalue weighted by Gasteiger charge is -2.25. The Morgan fingerprint density at radius 2 is 0.885 bits per heavy atom. The van der Waals surface area contributed by atoms with Crippen LogP contribution in [0.3, 0.4) is 0 Å². The van der Waals surface area contributed by atoms with Gasteiger partial charge in [-0.3, -0.25) is 13.8 Å². The lowest BCUT2D eigenvalue weighted by molar-refractivity contribution is -0.123. The zero-order valence-electron chi connectivity index (χ0n) is 34.6. The molecule has 1 unspecified atom stereocenters. The van der Waals surface area contributed by atoms with E-state index in [9.17, 15) is 19.4 Å². The molecule has 0 saturated carbocycles. The van der Waals surface area contributed by atoms with E-state index in [2.05, 4.69) is 19.2 Å². The summed E-state index contributed by atoms with van der Waals surface area (Å²) in [4.78, 5) is 22.7. The minimum absolute atomic E-state index is 0.0926. The van der Waals surface area contributed by atoms with E-state index in [1.807, 2.05) is 0 Å². The molecule has 312 valence electrons. The van der Waals surface area contributed by atoms with Crippen LogP contribution in [-0.2, 0) is 18.4 Å². The van der Waals surface area contributed by atoms with Gasteiger partial charge in [0.05, 0.1) is 25.4 Å². The molecular formula is C43H89N2O6P. The second kappa shape index (κ2) is 40.2. The van der Waals surface area contributed by atoms with Crippen molar-refractivity contribution in [2.24, 2.45) is 5.73 Å². The third kappa shape index (κ3) is 37.8. The third-order valence-electron chi connectivity index (χ3n) is 10.5. The van der Waals surface area contributed by atoms with E-state index in [-0.39, 0.29) is 25.7 Å². The highest BCUT2D eigenvalue weighted by molar-refractivity contribution is 7.47. The number of carbonyl (C=O) groups excluding carboxylic acids is 1. The molecule has 0 aliphatic heterocycles. The average Bonchev–Trinajstić information content (AvgIpc) is 3.13. The van der Waals surface area contributed by atoms with Gasteiger partial charge in [-0.15, -0.1) is 0 Å². The van der Waals surface area contributed by atoms with Crippen molar-refractivity contribution in [2.45, 2.75) is 251 Å². The average molecular weight is 761 g/mol. The summed E-state index contributed by atoms with van der Waals surface area (Å²) in [6.07, 6.45) is 42.5. The summed E-state index contributed by atoms with van der Waals surface area (Å²) >= 11 is 0. The van der Waals surface area contributed by atoms with Crippen molar-refractivity contribution in [3.63, 3.8) is 0 Å². The Kier molecular flexibility index (Phi) is 39.8. The molecule has 0 rings (SSSR count). The number of nitrogens with two attached hydrogens (primary N) is 1. The van der Waals surface area contributed by atoms with Gasteiger partial charge in [0.2, 0.25) is 5.91 Å². The molecule has 0 radical (unpaired) electrons. The van der Waals surface area contributed by atoms with Crippen LogP contribution in [0.15, 0.2) is 0 Å². The number of nitrogens with one attached hydrogen (secondary N) is 1. The number of amides is 1. The first-order valence-corrected chi connectivity index (χ1v) is 24.1. The molecular weight excluding hydrogens is 671 g/mol. The van der Waals surface area contributed by atoms with Crippen LogP contribution in [0.1, 0.15) is 239 Å². The van der Waals surface area contributed by atoms with E-state index < -0.39 is 20.0 Å². The first-order valence-electron chi connectivity index (χ1n) is 22.7. The number of unbranched alkanes of at least 4 members (excludes halogenated alkanes) is 31. The number of phosphoric acid groups is 1. The van der Waals surface area contributed by atoms with Gasteiger partial charge in [0.25, 0.3) is 0 Å². The number of hydrogen-bond donors (Lipinski definition) is 4. The van der Waals surface area contributed by atoms with Gasteiger partial charge < -0.3 is 21.1 Å². The van der Waals surface area contributed by atoms with Gasteiger partial charge in [0.15, 0.2) is 0 Å². The lowest BCUT2D eigenvalue weighted by atomic mass is 10.0. The maximum atomic E-state index is 12.8. The Bertz CT molecular complexity index is 789. The summed E-state index contributed by atoms with van der Waals surface area (Å²) in [6, 6.07) is -0.767. The molecule has 0 aromatic carbocycles. The number of rotatable bonds is 43. The van der Waals surface area contributed by atoms with Crippen molar-refractivity contribution < 1.29 is 28.4 Å². The summed E-state index contributed by atoms with van der Waals surface area (Å²) < 4.78 is 22.2. The predicted molar refractivity (Wildman–Crippen MR) is 222 cm³/mol. The van der Waals surface area contributed by atoms with Gasteiger partial charge in [0.1, 0.15) is 0 Å². The lowest BCUT2D eigenvalue weighted by Crippen LogP contribution is -2.46. The molecule has 0 heterocycles. The molecule has 0 aromatic rings. The molecule has 0 spiro atoms. The number of carbonyl (C=O) groups is 1. The third-order valence-corrected chi connectivity index (χ3v) is 11.4. The second-order valence-corrected chi connectivity index (χ2v) is 17.1. The van der Waals surface area contributed by atoms with E-state index in [0.717, 1.165) is 38.5 Å². The van der Waals surface area contributed by atoms with E-state index in [1.54, 1.807) is 0 Å². The molecule has 0 fully saturated rings. The monoisotopic (exact) mass is 761 g/mol. The highest BCUT2D eigenvalue weighted by Gasteiger charge is 2.27. The second-order valence-electron chi connectivity index (χ2n) is 15.6. The Morgan fingerprint density at radius 1 is 0.558 bits per heavy atom.